The van der Waals surface area contributed by atoms with Crippen LogP contribution < -0.4 is 9.47 Å². The smallest absolute Gasteiger partial charge is 0.343 e. The average molecular weight is 443 g/mol. The Morgan fingerprint density at radius 2 is 1.27 bits per heavy atom. The van der Waals surface area contributed by atoms with E-state index in [9.17, 15) is 9.59 Å². The zero-order chi connectivity index (χ0) is 23.2. The molecule has 0 amide bonds. The lowest BCUT2D eigenvalue weighted by molar-refractivity contribution is 0.0679. The summed E-state index contributed by atoms with van der Waals surface area (Å²) in [5, 5.41) is 0. The Bertz CT molecular complexity index is 1100. The summed E-state index contributed by atoms with van der Waals surface area (Å²) in [5.74, 6) is 0.415. The molecule has 4 heteroatoms. The molecule has 170 valence electrons. The molecule has 1 aliphatic carbocycles. The molecule has 0 atom stereocenters. The number of carbonyl (C=O) groups is 2. The van der Waals surface area contributed by atoms with Crippen LogP contribution in [0.1, 0.15) is 77.3 Å². The predicted octanol–water partition coefficient (Wildman–Crippen LogP) is 6.98. The van der Waals surface area contributed by atoms with E-state index in [1.807, 2.05) is 38.1 Å². The van der Waals surface area contributed by atoms with E-state index in [4.69, 9.17) is 9.47 Å². The highest BCUT2D eigenvalue weighted by Gasteiger charge is 2.26. The van der Waals surface area contributed by atoms with Crippen LogP contribution in [-0.2, 0) is 6.42 Å². The first-order valence-corrected chi connectivity index (χ1v) is 11.7. The number of ether oxygens (including phenoxy) is 2. The molecule has 0 unspecified atom stereocenters. The van der Waals surface area contributed by atoms with Crippen LogP contribution in [0.3, 0.4) is 0 Å². The van der Waals surface area contributed by atoms with Crippen LogP contribution in [0.5, 0.6) is 11.5 Å². The lowest BCUT2D eigenvalue weighted by atomic mass is 9.93. The summed E-state index contributed by atoms with van der Waals surface area (Å²) in [6, 6.07) is 21.8. The Kier molecular flexibility index (Phi) is 7.23. The number of esters is 2. The van der Waals surface area contributed by atoms with Crippen molar-refractivity contribution in [1.82, 2.24) is 0 Å². The van der Waals surface area contributed by atoms with E-state index < -0.39 is 11.9 Å². The highest BCUT2D eigenvalue weighted by Crippen LogP contribution is 2.42. The molecule has 3 aromatic rings. The van der Waals surface area contributed by atoms with Crippen LogP contribution >= 0.6 is 0 Å². The highest BCUT2D eigenvalue weighted by atomic mass is 16.6. The minimum atomic E-state index is -0.465. The van der Waals surface area contributed by atoms with E-state index in [1.165, 1.54) is 12.8 Å². The molecular weight excluding hydrogens is 412 g/mol. The molecule has 4 nitrogen and oxygen atoms in total. The van der Waals surface area contributed by atoms with Gasteiger partial charge in [0.25, 0.3) is 0 Å². The number of hydrogen-bond donors (Lipinski definition) is 0. The second kappa shape index (κ2) is 10.5. The molecule has 0 N–H and O–H groups in total. The fourth-order valence-corrected chi connectivity index (χ4v) is 4.43. The quantitative estimate of drug-likeness (QED) is 0.292. The van der Waals surface area contributed by atoms with Crippen molar-refractivity contribution < 1.29 is 19.1 Å². The maximum atomic E-state index is 13.0. The molecule has 0 spiro atoms. The zero-order valence-corrected chi connectivity index (χ0v) is 19.3. The second-order valence-corrected chi connectivity index (χ2v) is 8.99. The Balaban J connectivity index is 1.76. The van der Waals surface area contributed by atoms with Gasteiger partial charge in [-0.3, -0.25) is 0 Å². The molecule has 0 heterocycles. The van der Waals surface area contributed by atoms with Crippen molar-refractivity contribution in [3.8, 4) is 11.5 Å². The largest absolute Gasteiger partial charge is 0.419 e. The van der Waals surface area contributed by atoms with Crippen LogP contribution in [0.25, 0.3) is 0 Å². The molecule has 1 saturated carbocycles. The van der Waals surface area contributed by atoms with E-state index in [0.717, 1.165) is 30.4 Å². The number of hydrogen-bond acceptors (Lipinski definition) is 4. The lowest BCUT2D eigenvalue weighted by Gasteiger charge is -2.21. The minimum absolute atomic E-state index is 0.0817. The zero-order valence-electron chi connectivity index (χ0n) is 19.3. The van der Waals surface area contributed by atoms with Gasteiger partial charge < -0.3 is 9.47 Å². The normalized spacial score (nSPS) is 13.8. The summed E-state index contributed by atoms with van der Waals surface area (Å²) in [6.07, 6.45) is 5.58. The van der Waals surface area contributed by atoms with Crippen molar-refractivity contribution in [2.75, 3.05) is 0 Å². The van der Waals surface area contributed by atoms with Gasteiger partial charge in [-0.15, -0.1) is 0 Å². The van der Waals surface area contributed by atoms with Gasteiger partial charge >= 0.3 is 11.9 Å². The van der Waals surface area contributed by atoms with Gasteiger partial charge in [-0.25, -0.2) is 9.59 Å². The third-order valence-electron chi connectivity index (χ3n) is 6.24. The first kappa shape index (κ1) is 22.8. The monoisotopic (exact) mass is 442 g/mol. The number of rotatable bonds is 7. The predicted molar refractivity (Wildman–Crippen MR) is 129 cm³/mol. The first-order chi connectivity index (χ1) is 16.0. The van der Waals surface area contributed by atoms with Crippen LogP contribution in [0.4, 0.5) is 0 Å². The summed E-state index contributed by atoms with van der Waals surface area (Å²) in [7, 11) is 0. The number of carbonyl (C=O) groups excluding carboxylic acids is 2. The van der Waals surface area contributed by atoms with Gasteiger partial charge in [0.2, 0.25) is 0 Å². The molecule has 0 saturated heterocycles. The maximum Gasteiger partial charge on any atom is 0.343 e. The van der Waals surface area contributed by atoms with Gasteiger partial charge in [-0.2, -0.15) is 0 Å². The van der Waals surface area contributed by atoms with Crippen LogP contribution in [0.2, 0.25) is 0 Å². The lowest BCUT2D eigenvalue weighted by Crippen LogP contribution is -2.16. The molecule has 33 heavy (non-hydrogen) atoms. The molecule has 0 aliphatic heterocycles. The molecule has 1 fully saturated rings. The SMILES string of the molecule is CC(C)c1ccc(CC2CCCC2)c(OC(=O)c2ccccc2)c1OC(=O)c1ccccc1. The van der Waals surface area contributed by atoms with E-state index in [-0.39, 0.29) is 5.92 Å². The molecule has 1 aliphatic rings. The fourth-order valence-electron chi connectivity index (χ4n) is 4.43. The summed E-state index contributed by atoms with van der Waals surface area (Å²) < 4.78 is 11.9. The third-order valence-corrected chi connectivity index (χ3v) is 6.24. The fraction of sp³-hybridized carbons (Fsp3) is 0.310. The van der Waals surface area contributed by atoms with Crippen molar-refractivity contribution in [2.24, 2.45) is 5.92 Å². The Morgan fingerprint density at radius 3 is 1.79 bits per heavy atom. The highest BCUT2D eigenvalue weighted by molar-refractivity contribution is 5.93. The van der Waals surface area contributed by atoms with Crippen LogP contribution in [0.15, 0.2) is 72.8 Å². The molecule has 0 bridgehead atoms. The summed E-state index contributed by atoms with van der Waals surface area (Å²) in [4.78, 5) is 26.0. The average Bonchev–Trinajstić information content (AvgIpc) is 3.35. The third kappa shape index (κ3) is 5.51. The molecule has 3 aromatic carbocycles. The summed E-state index contributed by atoms with van der Waals surface area (Å²) in [5.41, 5.74) is 2.66. The first-order valence-electron chi connectivity index (χ1n) is 11.7. The summed E-state index contributed by atoms with van der Waals surface area (Å²) in [6.45, 7) is 4.07. The maximum absolute atomic E-state index is 13.0. The Hall–Kier alpha value is -3.40. The minimum Gasteiger partial charge on any atom is -0.419 e. The Morgan fingerprint density at radius 1 is 0.758 bits per heavy atom. The van der Waals surface area contributed by atoms with Gasteiger partial charge in [0.1, 0.15) is 0 Å². The van der Waals surface area contributed by atoms with Crippen LogP contribution in [-0.4, -0.2) is 11.9 Å². The molecule has 0 radical (unpaired) electrons. The molecule has 4 rings (SSSR count). The second-order valence-electron chi connectivity index (χ2n) is 8.99. The van der Waals surface area contributed by atoms with Crippen molar-refractivity contribution in [3.63, 3.8) is 0 Å². The van der Waals surface area contributed by atoms with E-state index >= 15 is 0 Å². The van der Waals surface area contributed by atoms with Crippen molar-refractivity contribution in [2.45, 2.75) is 51.9 Å². The number of benzene rings is 3. The van der Waals surface area contributed by atoms with E-state index in [0.29, 0.717) is 28.5 Å². The van der Waals surface area contributed by atoms with E-state index in [2.05, 4.69) is 0 Å². The van der Waals surface area contributed by atoms with Crippen LogP contribution in [0, 0.1) is 5.92 Å². The van der Waals surface area contributed by atoms with Gasteiger partial charge in [0.05, 0.1) is 11.1 Å². The van der Waals surface area contributed by atoms with Gasteiger partial charge in [0.15, 0.2) is 11.5 Å². The topological polar surface area (TPSA) is 52.6 Å². The van der Waals surface area contributed by atoms with Crippen molar-refractivity contribution in [1.29, 1.82) is 0 Å². The van der Waals surface area contributed by atoms with Gasteiger partial charge in [-0.1, -0.05) is 88.1 Å². The standard InChI is InChI=1S/C29H30O4/c1-20(2)25-18-17-24(19-21-11-9-10-12-21)26(32-28(30)22-13-5-3-6-14-22)27(25)33-29(31)23-15-7-4-8-16-23/h3-8,13-18,20-21H,9-12,19H2,1-2H3. The summed E-state index contributed by atoms with van der Waals surface area (Å²) >= 11 is 0. The van der Waals surface area contributed by atoms with Crippen molar-refractivity contribution >= 4 is 11.9 Å². The molecular formula is C29H30O4. The van der Waals surface area contributed by atoms with Crippen molar-refractivity contribution in [3.05, 3.63) is 95.1 Å². The van der Waals surface area contributed by atoms with E-state index in [1.54, 1.807) is 48.5 Å². The Labute approximate surface area is 195 Å². The van der Waals surface area contributed by atoms with Gasteiger partial charge in [0, 0.05) is 5.56 Å². The molecule has 0 aromatic heterocycles. The van der Waals surface area contributed by atoms with Gasteiger partial charge in [-0.05, 0) is 48.1 Å².